The number of methoxy groups -OCH3 is 1. The van der Waals surface area contributed by atoms with Crippen LogP contribution < -0.4 is 20.2 Å². The number of rotatable bonds is 8. The maximum atomic E-state index is 6.16. The van der Waals surface area contributed by atoms with E-state index < -0.39 is 0 Å². The molecule has 0 spiro atoms. The molecule has 0 aromatic heterocycles. The van der Waals surface area contributed by atoms with Crippen molar-refractivity contribution in [2.24, 2.45) is 5.10 Å². The number of thiocarbonyl (C=S) groups is 1. The lowest BCUT2D eigenvalue weighted by Gasteiger charge is -2.14. The minimum absolute atomic E-state index is 0.433. The molecule has 0 atom stereocenters. The van der Waals surface area contributed by atoms with Gasteiger partial charge in [0.1, 0.15) is 6.61 Å². The van der Waals surface area contributed by atoms with Gasteiger partial charge in [0, 0.05) is 6.54 Å². The lowest BCUT2D eigenvalue weighted by Crippen LogP contribution is -2.31. The van der Waals surface area contributed by atoms with Crippen LogP contribution >= 0.6 is 34.8 Å². The highest BCUT2D eigenvalue weighted by atomic mass is 127. The van der Waals surface area contributed by atoms with E-state index in [1.165, 1.54) is 10.8 Å². The Balaban J connectivity index is 1.74. The molecule has 0 fully saturated rings. The van der Waals surface area contributed by atoms with Crippen LogP contribution in [0, 0.1) is 3.57 Å². The zero-order valence-corrected chi connectivity index (χ0v) is 19.5. The molecule has 0 heterocycles. The molecule has 0 saturated carbocycles. The monoisotopic (exact) mass is 531 g/mol. The van der Waals surface area contributed by atoms with E-state index in [4.69, 9.17) is 21.7 Å². The van der Waals surface area contributed by atoms with Gasteiger partial charge in [-0.3, -0.25) is 5.43 Å². The number of nitrogens with one attached hydrogen (secondary N) is 2. The molecule has 0 aliphatic rings. The van der Waals surface area contributed by atoms with Crippen molar-refractivity contribution in [3.8, 4) is 11.5 Å². The van der Waals surface area contributed by atoms with Gasteiger partial charge in [0.05, 0.1) is 16.9 Å². The Hall–Kier alpha value is -2.65. The number of benzene rings is 3. The topological polar surface area (TPSA) is 54.9 Å². The predicted octanol–water partition coefficient (Wildman–Crippen LogP) is 5.02. The molecule has 2 N–H and O–H groups in total. The van der Waals surface area contributed by atoms with Crippen molar-refractivity contribution >= 4 is 56.9 Å². The number of ether oxygens (including phenoxy) is 2. The molecular formula is C23H22IN3O2S. The number of hydrogen-bond donors (Lipinski definition) is 2. The third-order valence-electron chi connectivity index (χ3n) is 4.29. The van der Waals surface area contributed by atoms with Gasteiger partial charge in [-0.15, -0.1) is 6.58 Å². The Morgan fingerprint density at radius 3 is 2.80 bits per heavy atom. The van der Waals surface area contributed by atoms with Crippen molar-refractivity contribution in [3.63, 3.8) is 0 Å². The van der Waals surface area contributed by atoms with Gasteiger partial charge in [-0.25, -0.2) is 0 Å². The summed E-state index contributed by atoms with van der Waals surface area (Å²) in [5.74, 6) is 1.36. The summed E-state index contributed by atoms with van der Waals surface area (Å²) in [4.78, 5) is 0. The minimum Gasteiger partial charge on any atom is -0.493 e. The second-order valence-electron chi connectivity index (χ2n) is 6.33. The highest BCUT2D eigenvalue weighted by Gasteiger charge is 2.12. The molecule has 0 amide bonds. The van der Waals surface area contributed by atoms with Crippen LogP contribution in [-0.2, 0) is 6.61 Å². The first-order chi connectivity index (χ1) is 14.6. The fourth-order valence-electron chi connectivity index (χ4n) is 2.89. The van der Waals surface area contributed by atoms with E-state index in [1.54, 1.807) is 19.4 Å². The summed E-state index contributed by atoms with van der Waals surface area (Å²) < 4.78 is 12.7. The van der Waals surface area contributed by atoms with Crippen molar-refractivity contribution in [2.75, 3.05) is 13.7 Å². The van der Waals surface area contributed by atoms with Crippen molar-refractivity contribution in [3.05, 3.63) is 81.9 Å². The third kappa shape index (κ3) is 5.70. The molecule has 3 aromatic rings. The summed E-state index contributed by atoms with van der Waals surface area (Å²) in [6.07, 6.45) is 3.41. The van der Waals surface area contributed by atoms with Gasteiger partial charge >= 0.3 is 0 Å². The molecule has 3 aromatic carbocycles. The van der Waals surface area contributed by atoms with Crippen molar-refractivity contribution < 1.29 is 9.47 Å². The van der Waals surface area contributed by atoms with Crippen molar-refractivity contribution in [2.45, 2.75) is 6.61 Å². The van der Waals surface area contributed by atoms with Gasteiger partial charge in [0.2, 0.25) is 0 Å². The number of nitrogens with zero attached hydrogens (tertiary/aromatic N) is 1. The molecule has 5 nitrogen and oxygen atoms in total. The van der Waals surface area contributed by atoms with Crippen LogP contribution in [0.25, 0.3) is 10.8 Å². The van der Waals surface area contributed by atoms with Crippen LogP contribution in [0.3, 0.4) is 0 Å². The van der Waals surface area contributed by atoms with Crippen LogP contribution in [0.1, 0.15) is 11.1 Å². The average molecular weight is 531 g/mol. The smallest absolute Gasteiger partial charge is 0.187 e. The maximum absolute atomic E-state index is 6.16. The highest BCUT2D eigenvalue weighted by Crippen LogP contribution is 2.34. The largest absolute Gasteiger partial charge is 0.493 e. The minimum atomic E-state index is 0.433. The second kappa shape index (κ2) is 10.9. The Morgan fingerprint density at radius 2 is 2.00 bits per heavy atom. The van der Waals surface area contributed by atoms with Crippen LogP contribution in [-0.4, -0.2) is 25.0 Å². The highest BCUT2D eigenvalue weighted by molar-refractivity contribution is 14.1. The van der Waals surface area contributed by atoms with Crippen molar-refractivity contribution in [1.29, 1.82) is 0 Å². The Kier molecular flexibility index (Phi) is 8.04. The standard InChI is InChI=1S/C23H22IN3O2S/c1-3-11-25-23(30)27-26-14-16-12-20(24)22(21(13-16)28-2)29-15-18-9-6-8-17-7-4-5-10-19(17)18/h3-10,12-14H,1,11,15H2,2H3,(H2,25,27,30)/b26-14-. The molecule has 3 rings (SSSR count). The van der Waals surface area contributed by atoms with E-state index in [9.17, 15) is 0 Å². The van der Waals surface area contributed by atoms with Crippen LogP contribution in [0.4, 0.5) is 0 Å². The first-order valence-corrected chi connectivity index (χ1v) is 10.8. The Labute approximate surface area is 195 Å². The van der Waals surface area contributed by atoms with E-state index >= 15 is 0 Å². The SMILES string of the molecule is C=CCNC(=S)N/N=C\c1cc(I)c(OCc2cccc3ccccc23)c(OC)c1. The molecule has 0 aliphatic carbocycles. The van der Waals surface area contributed by atoms with E-state index in [1.807, 2.05) is 30.3 Å². The molecule has 0 unspecified atom stereocenters. The molecule has 0 radical (unpaired) electrons. The first kappa shape index (κ1) is 22.0. The lowest BCUT2D eigenvalue weighted by molar-refractivity contribution is 0.283. The number of halogens is 1. The average Bonchev–Trinajstić information content (AvgIpc) is 2.76. The zero-order chi connectivity index (χ0) is 21.3. The van der Waals surface area contributed by atoms with E-state index in [2.05, 4.69) is 69.3 Å². The summed E-state index contributed by atoms with van der Waals surface area (Å²) in [5.41, 5.74) is 4.76. The molecule has 7 heteroatoms. The summed E-state index contributed by atoms with van der Waals surface area (Å²) in [5, 5.41) is 9.92. The molecule has 30 heavy (non-hydrogen) atoms. The van der Waals surface area contributed by atoms with Crippen LogP contribution in [0.5, 0.6) is 11.5 Å². The summed E-state index contributed by atoms with van der Waals surface area (Å²) in [6.45, 7) is 4.66. The van der Waals surface area contributed by atoms with Gasteiger partial charge in [-0.05, 0) is 68.8 Å². The second-order valence-corrected chi connectivity index (χ2v) is 7.90. The van der Waals surface area contributed by atoms with E-state index in [0.29, 0.717) is 29.8 Å². The fraction of sp³-hybridized carbons (Fsp3) is 0.130. The molecular weight excluding hydrogens is 509 g/mol. The summed E-state index contributed by atoms with van der Waals surface area (Å²) >= 11 is 7.36. The van der Waals surface area contributed by atoms with Gasteiger partial charge < -0.3 is 14.8 Å². The third-order valence-corrected chi connectivity index (χ3v) is 5.33. The molecule has 0 aliphatic heterocycles. The van der Waals surface area contributed by atoms with Crippen molar-refractivity contribution in [1.82, 2.24) is 10.7 Å². The van der Waals surface area contributed by atoms with E-state index in [0.717, 1.165) is 14.7 Å². The van der Waals surface area contributed by atoms with Crippen LogP contribution in [0.2, 0.25) is 0 Å². The number of hydrogen-bond acceptors (Lipinski definition) is 4. The summed E-state index contributed by atoms with van der Waals surface area (Å²) in [7, 11) is 1.63. The van der Waals surface area contributed by atoms with Gasteiger partial charge in [0.15, 0.2) is 16.6 Å². The molecule has 0 saturated heterocycles. The normalized spacial score (nSPS) is 10.7. The predicted molar refractivity (Wildman–Crippen MR) is 136 cm³/mol. The lowest BCUT2D eigenvalue weighted by atomic mass is 10.1. The zero-order valence-electron chi connectivity index (χ0n) is 16.5. The van der Waals surface area contributed by atoms with Gasteiger partial charge in [-0.1, -0.05) is 48.5 Å². The molecule has 154 valence electrons. The maximum Gasteiger partial charge on any atom is 0.187 e. The Morgan fingerprint density at radius 1 is 1.20 bits per heavy atom. The number of hydrazone groups is 1. The summed E-state index contributed by atoms with van der Waals surface area (Å²) in [6, 6.07) is 18.4. The van der Waals surface area contributed by atoms with E-state index in [-0.39, 0.29) is 0 Å². The first-order valence-electron chi connectivity index (χ1n) is 9.27. The Bertz CT molecular complexity index is 1080. The molecule has 0 bridgehead atoms. The fourth-order valence-corrected chi connectivity index (χ4v) is 3.81. The quantitative estimate of drug-likeness (QED) is 0.141. The van der Waals surface area contributed by atoms with Gasteiger partial charge in [-0.2, -0.15) is 5.10 Å². The van der Waals surface area contributed by atoms with Crippen LogP contribution in [0.15, 0.2) is 72.4 Å². The number of fused-ring (bicyclic) bond motifs is 1. The van der Waals surface area contributed by atoms with Gasteiger partial charge in [0.25, 0.3) is 0 Å².